The zero-order valence-electron chi connectivity index (χ0n) is 12.5. The number of ether oxygens (including phenoxy) is 2. The molecule has 0 aliphatic carbocycles. The Hall–Kier alpha value is -2.34. The van der Waals surface area contributed by atoms with Crippen molar-refractivity contribution < 1.29 is 23.8 Å². The maximum atomic E-state index is 11.5. The molecular formula is C16H16O6. The molecule has 1 N–H and O–H groups in total. The summed E-state index contributed by atoms with van der Waals surface area (Å²) in [7, 11) is 0. The molecule has 22 heavy (non-hydrogen) atoms. The van der Waals surface area contributed by atoms with Crippen molar-refractivity contribution in [2.24, 2.45) is 0 Å². The third kappa shape index (κ3) is 2.25. The summed E-state index contributed by atoms with van der Waals surface area (Å²) in [5.41, 5.74) is -0.847. The number of hydrogen-bond donors (Lipinski definition) is 1. The number of aliphatic hydroxyl groups excluding tert-OH is 1. The number of benzene rings is 1. The molecule has 2 atom stereocenters. The Labute approximate surface area is 126 Å². The maximum absolute atomic E-state index is 11.5. The molecule has 0 spiro atoms. The molecule has 0 bridgehead atoms. The first-order valence-corrected chi connectivity index (χ1v) is 6.90. The van der Waals surface area contributed by atoms with Gasteiger partial charge >= 0.3 is 11.6 Å². The topological polar surface area (TPSA) is 86.0 Å². The van der Waals surface area contributed by atoms with Gasteiger partial charge in [-0.2, -0.15) is 0 Å². The molecule has 2 heterocycles. The molecule has 116 valence electrons. The predicted molar refractivity (Wildman–Crippen MR) is 77.7 cm³/mol. The van der Waals surface area contributed by atoms with Gasteiger partial charge in [-0.05, 0) is 32.0 Å². The molecule has 6 nitrogen and oxygen atoms in total. The molecule has 2 unspecified atom stereocenters. The van der Waals surface area contributed by atoms with Gasteiger partial charge in [0.1, 0.15) is 23.0 Å². The summed E-state index contributed by atoms with van der Waals surface area (Å²) in [6.07, 6.45) is -2.06. The second-order valence-corrected chi connectivity index (χ2v) is 5.83. The zero-order valence-corrected chi connectivity index (χ0v) is 12.5. The van der Waals surface area contributed by atoms with Crippen molar-refractivity contribution in [1.29, 1.82) is 0 Å². The lowest BCUT2D eigenvalue weighted by atomic mass is 9.87. The van der Waals surface area contributed by atoms with E-state index in [0.29, 0.717) is 16.7 Å². The van der Waals surface area contributed by atoms with Crippen molar-refractivity contribution >= 4 is 16.9 Å². The average Bonchev–Trinajstić information content (AvgIpc) is 2.42. The van der Waals surface area contributed by atoms with E-state index < -0.39 is 29.4 Å². The monoisotopic (exact) mass is 304 g/mol. The maximum Gasteiger partial charge on any atom is 0.336 e. The molecule has 0 radical (unpaired) electrons. The fraction of sp³-hybridized carbons (Fsp3) is 0.375. The smallest absolute Gasteiger partial charge is 0.336 e. The van der Waals surface area contributed by atoms with Crippen LogP contribution in [0.25, 0.3) is 11.0 Å². The lowest BCUT2D eigenvalue weighted by Gasteiger charge is -2.41. The molecular weight excluding hydrogens is 288 g/mol. The van der Waals surface area contributed by atoms with Crippen LogP contribution in [-0.2, 0) is 9.53 Å². The van der Waals surface area contributed by atoms with Crippen LogP contribution in [0.3, 0.4) is 0 Å². The van der Waals surface area contributed by atoms with E-state index in [-0.39, 0.29) is 5.58 Å². The van der Waals surface area contributed by atoms with Gasteiger partial charge < -0.3 is 19.0 Å². The van der Waals surface area contributed by atoms with Crippen molar-refractivity contribution in [2.75, 3.05) is 0 Å². The molecule has 1 aliphatic heterocycles. The SMILES string of the molecule is CC(=O)OC1c2c(ccc3ccc(=O)oc23)OC(C)(C)C1O. The first-order valence-electron chi connectivity index (χ1n) is 6.90. The molecule has 0 fully saturated rings. The van der Waals surface area contributed by atoms with E-state index in [0.717, 1.165) is 0 Å². The van der Waals surface area contributed by atoms with Crippen molar-refractivity contribution in [3.05, 3.63) is 40.2 Å². The Balaban J connectivity index is 2.30. The van der Waals surface area contributed by atoms with Gasteiger partial charge in [0, 0.05) is 18.4 Å². The van der Waals surface area contributed by atoms with Gasteiger partial charge in [0.05, 0.1) is 5.56 Å². The highest BCUT2D eigenvalue weighted by Crippen LogP contribution is 2.44. The van der Waals surface area contributed by atoms with Crippen molar-refractivity contribution in [3.63, 3.8) is 0 Å². The van der Waals surface area contributed by atoms with E-state index in [9.17, 15) is 14.7 Å². The Morgan fingerprint density at radius 2 is 1.95 bits per heavy atom. The van der Waals surface area contributed by atoms with E-state index in [4.69, 9.17) is 13.9 Å². The number of rotatable bonds is 1. The van der Waals surface area contributed by atoms with Gasteiger partial charge in [0.2, 0.25) is 0 Å². The van der Waals surface area contributed by atoms with E-state index in [1.54, 1.807) is 32.0 Å². The summed E-state index contributed by atoms with van der Waals surface area (Å²) < 4.78 is 16.3. The van der Waals surface area contributed by atoms with E-state index in [1.165, 1.54) is 13.0 Å². The highest BCUT2D eigenvalue weighted by molar-refractivity contribution is 5.83. The Kier molecular flexibility index (Phi) is 3.21. The van der Waals surface area contributed by atoms with Gasteiger partial charge in [-0.25, -0.2) is 4.79 Å². The van der Waals surface area contributed by atoms with Crippen LogP contribution < -0.4 is 10.4 Å². The van der Waals surface area contributed by atoms with Crippen LogP contribution in [0.2, 0.25) is 0 Å². The van der Waals surface area contributed by atoms with Crippen LogP contribution in [0.1, 0.15) is 32.4 Å². The van der Waals surface area contributed by atoms with Gasteiger partial charge in [-0.3, -0.25) is 4.79 Å². The summed E-state index contributed by atoms with van der Waals surface area (Å²) in [5.74, 6) is -0.119. The molecule has 2 aromatic rings. The normalized spacial score (nSPS) is 22.7. The third-order valence-electron chi connectivity index (χ3n) is 3.74. The van der Waals surface area contributed by atoms with Gasteiger partial charge in [0.25, 0.3) is 0 Å². The largest absolute Gasteiger partial charge is 0.484 e. The first-order chi connectivity index (χ1) is 10.3. The average molecular weight is 304 g/mol. The van der Waals surface area contributed by atoms with Gasteiger partial charge in [-0.15, -0.1) is 0 Å². The highest BCUT2D eigenvalue weighted by Gasteiger charge is 2.46. The summed E-state index contributed by atoms with van der Waals surface area (Å²) >= 11 is 0. The lowest BCUT2D eigenvalue weighted by molar-refractivity contribution is -0.167. The van der Waals surface area contributed by atoms with Crippen LogP contribution in [0.5, 0.6) is 5.75 Å². The quantitative estimate of drug-likeness (QED) is 0.640. The summed E-state index contributed by atoms with van der Waals surface area (Å²) in [6, 6.07) is 6.37. The Morgan fingerprint density at radius 1 is 1.27 bits per heavy atom. The fourth-order valence-corrected chi connectivity index (χ4v) is 2.66. The minimum atomic E-state index is -1.10. The van der Waals surface area contributed by atoms with Crippen LogP contribution in [0, 0.1) is 0 Å². The number of fused-ring (bicyclic) bond motifs is 3. The van der Waals surface area contributed by atoms with Gasteiger partial charge in [0.15, 0.2) is 6.10 Å². The predicted octanol–water partition coefficient (Wildman–Crippen LogP) is 1.93. The summed E-state index contributed by atoms with van der Waals surface area (Å²) in [4.78, 5) is 22.9. The molecule has 1 aliphatic rings. The zero-order chi connectivity index (χ0) is 16.1. The van der Waals surface area contributed by atoms with Crippen LogP contribution in [-0.4, -0.2) is 22.8 Å². The summed E-state index contributed by atoms with van der Waals surface area (Å²) in [5, 5.41) is 11.2. The van der Waals surface area contributed by atoms with Crippen molar-refractivity contribution in [1.82, 2.24) is 0 Å². The number of aliphatic hydroxyl groups is 1. The number of esters is 1. The van der Waals surface area contributed by atoms with Crippen molar-refractivity contribution in [3.8, 4) is 5.75 Å². The van der Waals surface area contributed by atoms with E-state index in [1.807, 2.05) is 0 Å². The van der Waals surface area contributed by atoms with Crippen molar-refractivity contribution in [2.45, 2.75) is 38.6 Å². The number of carbonyl (C=O) groups is 1. The fourth-order valence-electron chi connectivity index (χ4n) is 2.66. The second kappa shape index (κ2) is 4.84. The molecule has 0 saturated heterocycles. The second-order valence-electron chi connectivity index (χ2n) is 5.83. The van der Waals surface area contributed by atoms with Crippen LogP contribution in [0.4, 0.5) is 0 Å². The summed E-state index contributed by atoms with van der Waals surface area (Å²) in [6.45, 7) is 4.65. The van der Waals surface area contributed by atoms with Gasteiger partial charge in [-0.1, -0.05) is 0 Å². The minimum absolute atomic E-state index is 0.255. The minimum Gasteiger partial charge on any atom is -0.484 e. The molecule has 1 aromatic carbocycles. The first kappa shape index (κ1) is 14.6. The Morgan fingerprint density at radius 3 is 2.64 bits per heavy atom. The molecule has 3 rings (SSSR count). The molecule has 1 aromatic heterocycles. The molecule has 6 heteroatoms. The third-order valence-corrected chi connectivity index (χ3v) is 3.74. The van der Waals surface area contributed by atoms with E-state index >= 15 is 0 Å². The Bertz CT molecular complexity index is 804. The molecule has 0 amide bonds. The van der Waals surface area contributed by atoms with Crippen LogP contribution in [0.15, 0.2) is 33.5 Å². The van der Waals surface area contributed by atoms with Crippen LogP contribution >= 0.6 is 0 Å². The lowest BCUT2D eigenvalue weighted by Crippen LogP contribution is -2.49. The number of carbonyl (C=O) groups excluding carboxylic acids is 1. The number of hydrogen-bond acceptors (Lipinski definition) is 6. The molecule has 0 saturated carbocycles. The highest BCUT2D eigenvalue weighted by atomic mass is 16.6. The van der Waals surface area contributed by atoms with E-state index in [2.05, 4.69) is 0 Å². The standard InChI is InChI=1S/C16H16O6/c1-8(17)20-14-12-10(22-16(2,3)15(14)19)6-4-9-5-7-11(18)21-13(9)12/h4-7,14-15,19H,1-3H3.